The van der Waals surface area contributed by atoms with Gasteiger partial charge in [0.05, 0.1) is 0 Å². The Labute approximate surface area is 140 Å². The molecule has 0 aromatic heterocycles. The van der Waals surface area contributed by atoms with E-state index in [2.05, 4.69) is 0 Å². The van der Waals surface area contributed by atoms with Crippen LogP contribution in [0.5, 0.6) is 0 Å². The summed E-state index contributed by atoms with van der Waals surface area (Å²) in [5.41, 5.74) is 3.06. The van der Waals surface area contributed by atoms with Crippen molar-refractivity contribution in [3.05, 3.63) is 66.2 Å². The van der Waals surface area contributed by atoms with Gasteiger partial charge in [-0.2, -0.15) is 0 Å². The lowest BCUT2D eigenvalue weighted by Gasteiger charge is -2.05. The fourth-order valence-electron chi connectivity index (χ4n) is 2.61. The van der Waals surface area contributed by atoms with Gasteiger partial charge in [-0.15, -0.1) is 0 Å². The molecule has 0 aliphatic carbocycles. The quantitative estimate of drug-likeness (QED) is 0.637. The molecule has 3 rings (SSSR count). The van der Waals surface area contributed by atoms with Crippen molar-refractivity contribution in [3.8, 4) is 11.1 Å². The average molecular weight is 322 g/mol. The maximum Gasteiger partial charge on any atom is 0.347 e. The zero-order valence-electron chi connectivity index (χ0n) is 13.3. The zero-order valence-corrected chi connectivity index (χ0v) is 13.3. The Morgan fingerprint density at radius 1 is 1.12 bits per heavy atom. The van der Waals surface area contributed by atoms with Crippen molar-refractivity contribution in [2.75, 3.05) is 0 Å². The number of cyclic esters (lactones) is 1. The van der Waals surface area contributed by atoms with Gasteiger partial charge in [0, 0.05) is 12.5 Å². The minimum absolute atomic E-state index is 0.207. The highest BCUT2D eigenvalue weighted by Crippen LogP contribution is 2.21. The fraction of sp³-hybridized carbons (Fsp3) is 0.200. The Bertz CT molecular complexity index is 764. The largest absolute Gasteiger partial charge is 0.460 e. The van der Waals surface area contributed by atoms with Gasteiger partial charge in [-0.3, -0.25) is 0 Å². The first-order valence-electron chi connectivity index (χ1n) is 7.86. The molecule has 4 heteroatoms. The molecular formula is C20H18O4. The lowest BCUT2D eigenvalue weighted by Crippen LogP contribution is -2.21. The lowest BCUT2D eigenvalue weighted by molar-refractivity contribution is -0.157. The topological polar surface area (TPSA) is 52.6 Å². The van der Waals surface area contributed by atoms with E-state index in [4.69, 9.17) is 9.47 Å². The Kier molecular flexibility index (Phi) is 4.75. The Hall–Kier alpha value is -2.88. The van der Waals surface area contributed by atoms with Gasteiger partial charge in [0.2, 0.25) is 6.10 Å². The number of hydrogen-bond donors (Lipinski definition) is 0. The molecule has 1 aliphatic heterocycles. The molecule has 2 atom stereocenters. The zero-order chi connectivity index (χ0) is 16.9. The summed E-state index contributed by atoms with van der Waals surface area (Å²) in [6.07, 6.45) is 2.41. The molecule has 1 fully saturated rings. The molecule has 0 N–H and O–H groups in total. The third-order valence-corrected chi connectivity index (χ3v) is 3.79. The minimum atomic E-state index is -0.798. The molecule has 0 bridgehead atoms. The molecule has 0 spiro atoms. The van der Waals surface area contributed by atoms with E-state index in [0.29, 0.717) is 6.42 Å². The van der Waals surface area contributed by atoms with Gasteiger partial charge < -0.3 is 9.47 Å². The van der Waals surface area contributed by atoms with E-state index in [1.807, 2.05) is 54.6 Å². The number of benzene rings is 2. The number of carbonyl (C=O) groups is 2. The van der Waals surface area contributed by atoms with E-state index >= 15 is 0 Å². The van der Waals surface area contributed by atoms with E-state index in [9.17, 15) is 9.59 Å². The Balaban J connectivity index is 1.66. The van der Waals surface area contributed by atoms with Crippen molar-refractivity contribution in [2.24, 2.45) is 0 Å². The first-order chi connectivity index (χ1) is 11.6. The average Bonchev–Trinajstić information content (AvgIpc) is 2.91. The van der Waals surface area contributed by atoms with Crippen LogP contribution in [-0.2, 0) is 19.1 Å². The van der Waals surface area contributed by atoms with Crippen LogP contribution in [-0.4, -0.2) is 24.1 Å². The summed E-state index contributed by atoms with van der Waals surface area (Å²) in [7, 11) is 0. The SMILES string of the molecule is CC1CC(OC(=O)/C=C/c2cccc(-c3ccccc3)c2)C(=O)O1. The van der Waals surface area contributed by atoms with Crippen LogP contribution in [0.2, 0.25) is 0 Å². The summed E-state index contributed by atoms with van der Waals surface area (Å²) >= 11 is 0. The van der Waals surface area contributed by atoms with Gasteiger partial charge in [-0.1, -0.05) is 48.5 Å². The Morgan fingerprint density at radius 2 is 1.88 bits per heavy atom. The van der Waals surface area contributed by atoms with E-state index in [0.717, 1.165) is 16.7 Å². The second kappa shape index (κ2) is 7.13. The molecule has 0 saturated carbocycles. The monoisotopic (exact) mass is 322 g/mol. The van der Waals surface area contributed by atoms with Gasteiger partial charge in [0.1, 0.15) is 6.10 Å². The normalized spacial score (nSPS) is 20.1. The molecule has 0 amide bonds. The van der Waals surface area contributed by atoms with Crippen molar-refractivity contribution < 1.29 is 19.1 Å². The van der Waals surface area contributed by atoms with E-state index < -0.39 is 18.0 Å². The fourth-order valence-corrected chi connectivity index (χ4v) is 2.61. The van der Waals surface area contributed by atoms with Gasteiger partial charge in [0.15, 0.2) is 0 Å². The first kappa shape index (κ1) is 16.0. The summed E-state index contributed by atoms with van der Waals surface area (Å²) in [6, 6.07) is 17.8. The summed E-state index contributed by atoms with van der Waals surface area (Å²) in [6.45, 7) is 1.77. The third kappa shape index (κ3) is 3.90. The van der Waals surface area contributed by atoms with Gasteiger partial charge in [0.25, 0.3) is 0 Å². The summed E-state index contributed by atoms with van der Waals surface area (Å²) in [5.74, 6) is -1.02. The molecule has 0 radical (unpaired) electrons. The van der Waals surface area contributed by atoms with Gasteiger partial charge >= 0.3 is 11.9 Å². The van der Waals surface area contributed by atoms with Crippen LogP contribution in [0.15, 0.2) is 60.7 Å². The van der Waals surface area contributed by atoms with Crippen molar-refractivity contribution in [1.82, 2.24) is 0 Å². The van der Waals surface area contributed by atoms with E-state index in [-0.39, 0.29) is 6.10 Å². The number of rotatable bonds is 4. The Morgan fingerprint density at radius 3 is 2.58 bits per heavy atom. The predicted molar refractivity (Wildman–Crippen MR) is 91.0 cm³/mol. The number of esters is 2. The highest BCUT2D eigenvalue weighted by atomic mass is 16.6. The summed E-state index contributed by atoms with van der Waals surface area (Å²) in [5, 5.41) is 0. The second-order valence-electron chi connectivity index (χ2n) is 5.73. The molecule has 1 saturated heterocycles. The maximum atomic E-state index is 11.9. The van der Waals surface area contributed by atoms with Crippen LogP contribution in [0.3, 0.4) is 0 Å². The van der Waals surface area contributed by atoms with Crippen molar-refractivity contribution in [3.63, 3.8) is 0 Å². The van der Waals surface area contributed by atoms with Crippen LogP contribution < -0.4 is 0 Å². The summed E-state index contributed by atoms with van der Waals surface area (Å²) < 4.78 is 10.1. The molecule has 24 heavy (non-hydrogen) atoms. The van der Waals surface area contributed by atoms with Crippen LogP contribution in [0.1, 0.15) is 18.9 Å². The predicted octanol–water partition coefficient (Wildman–Crippen LogP) is 3.61. The summed E-state index contributed by atoms with van der Waals surface area (Å²) in [4.78, 5) is 23.3. The second-order valence-corrected chi connectivity index (χ2v) is 5.73. The molecule has 4 nitrogen and oxygen atoms in total. The highest BCUT2D eigenvalue weighted by Gasteiger charge is 2.34. The van der Waals surface area contributed by atoms with E-state index in [1.165, 1.54) is 6.08 Å². The molecule has 1 heterocycles. The number of ether oxygens (including phenoxy) is 2. The molecule has 1 aliphatic rings. The minimum Gasteiger partial charge on any atom is -0.460 e. The molecule has 2 unspecified atom stereocenters. The number of carbonyl (C=O) groups excluding carboxylic acids is 2. The molecule has 2 aromatic carbocycles. The third-order valence-electron chi connectivity index (χ3n) is 3.79. The van der Waals surface area contributed by atoms with Crippen LogP contribution in [0, 0.1) is 0 Å². The van der Waals surface area contributed by atoms with Crippen molar-refractivity contribution in [1.29, 1.82) is 0 Å². The maximum absolute atomic E-state index is 11.9. The standard InChI is InChI=1S/C20H18O4/c1-14-12-18(20(22)23-14)24-19(21)11-10-15-6-5-9-17(13-15)16-7-3-2-4-8-16/h2-11,13-14,18H,12H2,1H3/b11-10+. The number of hydrogen-bond acceptors (Lipinski definition) is 4. The molecule has 2 aromatic rings. The van der Waals surface area contributed by atoms with Crippen LogP contribution in [0.4, 0.5) is 0 Å². The van der Waals surface area contributed by atoms with Crippen molar-refractivity contribution in [2.45, 2.75) is 25.6 Å². The molecule has 122 valence electrons. The van der Waals surface area contributed by atoms with Crippen LogP contribution in [0.25, 0.3) is 17.2 Å². The van der Waals surface area contributed by atoms with E-state index in [1.54, 1.807) is 13.0 Å². The van der Waals surface area contributed by atoms with Crippen LogP contribution >= 0.6 is 0 Å². The smallest absolute Gasteiger partial charge is 0.347 e. The van der Waals surface area contributed by atoms with Gasteiger partial charge in [-0.05, 0) is 35.8 Å². The lowest BCUT2D eigenvalue weighted by atomic mass is 10.0. The highest BCUT2D eigenvalue weighted by molar-refractivity contribution is 5.90. The molecular weight excluding hydrogens is 304 g/mol. The van der Waals surface area contributed by atoms with Gasteiger partial charge in [-0.25, -0.2) is 9.59 Å². The first-order valence-corrected chi connectivity index (χ1v) is 7.86. The van der Waals surface area contributed by atoms with Crippen molar-refractivity contribution >= 4 is 18.0 Å².